The van der Waals surface area contributed by atoms with E-state index >= 15 is 0 Å². The summed E-state index contributed by atoms with van der Waals surface area (Å²) in [6.45, 7) is 4.40. The van der Waals surface area contributed by atoms with E-state index in [0.717, 1.165) is 89.9 Å². The van der Waals surface area contributed by atoms with Gasteiger partial charge in [0.2, 0.25) is 0 Å². The molecule has 76 heavy (non-hydrogen) atoms. The van der Waals surface area contributed by atoms with E-state index in [2.05, 4.69) is 106 Å². The molecule has 0 aliphatic rings. The summed E-state index contributed by atoms with van der Waals surface area (Å²) in [5, 5.41) is 9.83. The molecule has 0 rings (SSSR count). The van der Waals surface area contributed by atoms with Crippen LogP contribution in [0.5, 0.6) is 0 Å². The van der Waals surface area contributed by atoms with Crippen LogP contribution < -0.4 is 0 Å². The number of hydrogen-bond acceptors (Lipinski definition) is 10. The highest BCUT2D eigenvalue weighted by Gasteiger charge is 2.28. The number of hydrogen-bond donors (Lipinski definition) is 2. The standard InChI is InChI=1S/C64H109O11P/c1-4-7-10-13-16-19-22-24-26-28-30-32-34-36-39-42-45-48-51-54-63(67)74-60(56-65)58-72-76(69,70)73-59-61(57-71-62(66)53-50-47-44-41-38-21-18-15-12-9-6-3)75-64(68)55-52-49-46-43-40-37-35-33-31-29-27-25-23-20-17-14-11-8-5-2/h8,11,15,17-18,20,24-27,31,33,37,40,46,49,60-61,65H,4-7,9-10,12-14,16,19,21-23,28-30,32,34-36,38-39,41-45,47-48,50-59H2,1-3H3,(H,69,70)/b11-8-,18-15-,20-17-,26-24-,27-25-,33-31-,40-37-,49-46-. The van der Waals surface area contributed by atoms with E-state index in [1.807, 2.05) is 12.2 Å². The third-order valence-electron chi connectivity index (χ3n) is 12.5. The van der Waals surface area contributed by atoms with E-state index in [0.29, 0.717) is 25.7 Å². The largest absolute Gasteiger partial charge is 0.472 e. The fourth-order valence-electron chi connectivity index (χ4n) is 7.89. The number of unbranched alkanes of at least 4 members (excludes halogenated alkanes) is 22. The lowest BCUT2D eigenvalue weighted by molar-refractivity contribution is -0.161. The van der Waals surface area contributed by atoms with Gasteiger partial charge in [0.15, 0.2) is 6.10 Å². The van der Waals surface area contributed by atoms with Gasteiger partial charge in [0, 0.05) is 19.3 Å². The van der Waals surface area contributed by atoms with Crippen molar-refractivity contribution in [2.24, 2.45) is 0 Å². The number of carbonyl (C=O) groups is 3. The topological polar surface area (TPSA) is 155 Å². The zero-order valence-electron chi connectivity index (χ0n) is 48.2. The van der Waals surface area contributed by atoms with Gasteiger partial charge in [0.1, 0.15) is 12.7 Å². The molecule has 0 aliphatic carbocycles. The minimum absolute atomic E-state index is 0.0375. The molecule has 0 aromatic rings. The van der Waals surface area contributed by atoms with Crippen molar-refractivity contribution in [1.29, 1.82) is 0 Å². The minimum atomic E-state index is -4.77. The van der Waals surface area contributed by atoms with Gasteiger partial charge in [-0.25, -0.2) is 4.57 Å². The molecule has 0 spiro atoms. The molecule has 0 aromatic carbocycles. The van der Waals surface area contributed by atoms with E-state index in [1.54, 1.807) is 0 Å². The van der Waals surface area contributed by atoms with Crippen molar-refractivity contribution >= 4 is 25.7 Å². The Hall–Kier alpha value is -3.60. The Balaban J connectivity index is 4.74. The first-order valence-electron chi connectivity index (χ1n) is 30.1. The van der Waals surface area contributed by atoms with Gasteiger partial charge in [-0.3, -0.25) is 23.4 Å². The highest BCUT2D eigenvalue weighted by Crippen LogP contribution is 2.43. The summed E-state index contributed by atoms with van der Waals surface area (Å²) in [5.74, 6) is -1.58. The van der Waals surface area contributed by atoms with Gasteiger partial charge in [-0.15, -0.1) is 0 Å². The molecule has 0 heterocycles. The summed E-state index contributed by atoms with van der Waals surface area (Å²) < 4.78 is 39.4. The number of aliphatic hydroxyl groups excluding tert-OH is 1. The Morgan fingerprint density at radius 3 is 1.17 bits per heavy atom. The minimum Gasteiger partial charge on any atom is -0.462 e. The summed E-state index contributed by atoms with van der Waals surface area (Å²) in [6.07, 6.45) is 68.1. The highest BCUT2D eigenvalue weighted by molar-refractivity contribution is 7.47. The smallest absolute Gasteiger partial charge is 0.462 e. The molecule has 2 N–H and O–H groups in total. The molecule has 0 fully saturated rings. The Labute approximate surface area is 463 Å². The Morgan fingerprint density at radius 2 is 0.724 bits per heavy atom. The van der Waals surface area contributed by atoms with E-state index in [-0.39, 0.29) is 25.9 Å². The van der Waals surface area contributed by atoms with Crippen molar-refractivity contribution in [3.8, 4) is 0 Å². The number of ether oxygens (including phenoxy) is 3. The summed E-state index contributed by atoms with van der Waals surface area (Å²) >= 11 is 0. The molecule has 0 saturated heterocycles. The molecule has 0 amide bonds. The van der Waals surface area contributed by atoms with Crippen molar-refractivity contribution in [2.45, 2.75) is 264 Å². The van der Waals surface area contributed by atoms with Crippen molar-refractivity contribution in [3.05, 3.63) is 97.2 Å². The van der Waals surface area contributed by atoms with Crippen LogP contribution in [0, 0.1) is 0 Å². The van der Waals surface area contributed by atoms with Crippen LogP contribution in [0.25, 0.3) is 0 Å². The zero-order chi connectivity index (χ0) is 55.5. The molecule has 11 nitrogen and oxygen atoms in total. The predicted molar refractivity (Wildman–Crippen MR) is 316 cm³/mol. The van der Waals surface area contributed by atoms with Crippen LogP contribution in [-0.2, 0) is 42.2 Å². The molecule has 3 atom stereocenters. The van der Waals surface area contributed by atoms with Crippen molar-refractivity contribution in [3.63, 3.8) is 0 Å². The summed E-state index contributed by atoms with van der Waals surface area (Å²) in [5.41, 5.74) is 0. The Kier molecular flexibility index (Phi) is 54.8. The van der Waals surface area contributed by atoms with Crippen molar-refractivity contribution in [1.82, 2.24) is 0 Å². The summed E-state index contributed by atoms with van der Waals surface area (Å²) in [6, 6.07) is 0. The van der Waals surface area contributed by atoms with E-state index in [1.165, 1.54) is 96.3 Å². The second-order valence-electron chi connectivity index (χ2n) is 19.8. The van der Waals surface area contributed by atoms with Gasteiger partial charge in [-0.1, -0.05) is 227 Å². The highest BCUT2D eigenvalue weighted by atomic mass is 31.2. The molecule has 0 radical (unpaired) electrons. The second-order valence-corrected chi connectivity index (χ2v) is 21.2. The number of aliphatic hydroxyl groups is 1. The van der Waals surface area contributed by atoms with Gasteiger partial charge >= 0.3 is 25.7 Å². The lowest BCUT2D eigenvalue weighted by atomic mass is 10.1. The van der Waals surface area contributed by atoms with Crippen LogP contribution >= 0.6 is 7.82 Å². The van der Waals surface area contributed by atoms with Crippen molar-refractivity contribution in [2.75, 3.05) is 26.4 Å². The first kappa shape index (κ1) is 72.4. The number of rotatable bonds is 55. The molecular formula is C64H109O11P. The maximum absolute atomic E-state index is 12.9. The van der Waals surface area contributed by atoms with Gasteiger partial charge in [-0.05, 0) is 103 Å². The SMILES string of the molecule is CC/C=C\C/C=C\C/C=C\C/C=C\C/C=C\C/C=C\CCC(=O)OC(COC(=O)CCCCCCC/C=C\CCCC)COP(=O)(O)OCC(CO)OC(=O)CCCCCCCCCCC/C=C\CCCCCCCC. The fraction of sp³-hybridized carbons (Fsp3) is 0.703. The van der Waals surface area contributed by atoms with Crippen LogP contribution in [0.15, 0.2) is 97.2 Å². The molecule has 12 heteroatoms. The average molecular weight is 1090 g/mol. The van der Waals surface area contributed by atoms with Crippen LogP contribution in [0.1, 0.15) is 252 Å². The van der Waals surface area contributed by atoms with E-state index in [4.69, 9.17) is 23.3 Å². The predicted octanol–water partition coefficient (Wildman–Crippen LogP) is 18.0. The average Bonchev–Trinajstić information content (AvgIpc) is 3.41. The van der Waals surface area contributed by atoms with E-state index in [9.17, 15) is 28.9 Å². The Morgan fingerprint density at radius 1 is 0.382 bits per heavy atom. The van der Waals surface area contributed by atoms with Crippen LogP contribution in [0.3, 0.4) is 0 Å². The lowest BCUT2D eigenvalue weighted by Crippen LogP contribution is -2.30. The fourth-order valence-corrected chi connectivity index (χ4v) is 8.67. The third-order valence-corrected chi connectivity index (χ3v) is 13.4. The first-order valence-corrected chi connectivity index (χ1v) is 31.6. The van der Waals surface area contributed by atoms with Crippen molar-refractivity contribution < 1.29 is 52.2 Å². The van der Waals surface area contributed by atoms with Gasteiger partial charge in [0.25, 0.3) is 0 Å². The third kappa shape index (κ3) is 55.2. The maximum atomic E-state index is 12.9. The molecule has 3 unspecified atom stereocenters. The monoisotopic (exact) mass is 1080 g/mol. The number of esters is 3. The first-order chi connectivity index (χ1) is 37.2. The lowest BCUT2D eigenvalue weighted by Gasteiger charge is -2.21. The molecule has 0 saturated carbocycles. The zero-order valence-corrected chi connectivity index (χ0v) is 49.1. The molecular weight excluding hydrogens is 976 g/mol. The number of phosphoric acid groups is 1. The second kappa shape index (κ2) is 57.6. The molecule has 0 bridgehead atoms. The summed E-state index contributed by atoms with van der Waals surface area (Å²) in [7, 11) is -4.77. The number of allylic oxidation sites excluding steroid dienone is 16. The van der Waals surface area contributed by atoms with Gasteiger partial charge in [0.05, 0.1) is 19.8 Å². The Bertz CT molecular complexity index is 1640. The maximum Gasteiger partial charge on any atom is 0.472 e. The molecule has 436 valence electrons. The molecule has 0 aromatic heterocycles. The molecule has 0 aliphatic heterocycles. The van der Waals surface area contributed by atoms with E-state index < -0.39 is 57.8 Å². The van der Waals surface area contributed by atoms with Gasteiger partial charge < -0.3 is 24.2 Å². The summed E-state index contributed by atoms with van der Waals surface area (Å²) in [4.78, 5) is 48.5. The normalized spacial score (nSPS) is 14.0. The van der Waals surface area contributed by atoms with Crippen LogP contribution in [0.4, 0.5) is 0 Å². The number of phosphoric ester groups is 1. The van der Waals surface area contributed by atoms with Crippen LogP contribution in [-0.4, -0.2) is 66.5 Å². The number of carbonyl (C=O) groups excluding carboxylic acids is 3. The van der Waals surface area contributed by atoms with Crippen LogP contribution in [0.2, 0.25) is 0 Å². The van der Waals surface area contributed by atoms with Gasteiger partial charge in [-0.2, -0.15) is 0 Å². The quantitative estimate of drug-likeness (QED) is 0.0197.